The number of hydrogen-bond donors (Lipinski definition) is 1. The summed E-state index contributed by atoms with van der Waals surface area (Å²) in [6.07, 6.45) is -5.80. The molecule has 22 heavy (non-hydrogen) atoms. The Morgan fingerprint density at radius 3 is 2.36 bits per heavy atom. The second-order valence-corrected chi connectivity index (χ2v) is 6.27. The first-order valence-electron chi connectivity index (χ1n) is 6.53. The van der Waals surface area contributed by atoms with Gasteiger partial charge in [-0.1, -0.05) is 41.9 Å². The minimum atomic E-state index is -5.00. The molecule has 1 heterocycles. The Morgan fingerprint density at radius 2 is 1.91 bits per heavy atom. The molecule has 1 aromatic carbocycles. The molecule has 0 unspecified atom stereocenters. The van der Waals surface area contributed by atoms with Gasteiger partial charge in [0.25, 0.3) is 5.72 Å². The predicted octanol–water partition coefficient (Wildman–Crippen LogP) is 3.29. The predicted molar refractivity (Wildman–Crippen MR) is 78.0 cm³/mol. The number of amides is 1. The Bertz CT molecular complexity index is 614. The SMILES string of the molecule is CC(C)C(=O)N1N=C(c2ccc(Br)cc2)C[C@@]1(O)C(F)(F)F. The Morgan fingerprint density at radius 1 is 1.36 bits per heavy atom. The van der Waals surface area contributed by atoms with E-state index in [0.717, 1.165) is 4.47 Å². The molecule has 4 nitrogen and oxygen atoms in total. The van der Waals surface area contributed by atoms with Gasteiger partial charge < -0.3 is 5.11 Å². The highest BCUT2D eigenvalue weighted by Gasteiger charge is 2.63. The Kier molecular flexibility index (Phi) is 4.36. The first-order valence-corrected chi connectivity index (χ1v) is 7.32. The molecule has 0 aromatic heterocycles. The van der Waals surface area contributed by atoms with Crippen molar-refractivity contribution in [2.24, 2.45) is 11.0 Å². The zero-order chi connectivity index (χ0) is 16.7. The van der Waals surface area contributed by atoms with E-state index in [-0.39, 0.29) is 10.7 Å². The van der Waals surface area contributed by atoms with E-state index in [1.54, 1.807) is 24.3 Å². The monoisotopic (exact) mass is 378 g/mol. The summed E-state index contributed by atoms with van der Waals surface area (Å²) in [6, 6.07) is 6.45. The summed E-state index contributed by atoms with van der Waals surface area (Å²) < 4.78 is 40.5. The molecule has 2 rings (SSSR count). The second kappa shape index (κ2) is 5.66. The van der Waals surface area contributed by atoms with Gasteiger partial charge in [-0.2, -0.15) is 23.3 Å². The van der Waals surface area contributed by atoms with Gasteiger partial charge in [-0.25, -0.2) is 0 Å². The number of alkyl halides is 3. The van der Waals surface area contributed by atoms with Crippen LogP contribution in [0, 0.1) is 5.92 Å². The fourth-order valence-corrected chi connectivity index (χ4v) is 2.31. The number of hydrazone groups is 1. The van der Waals surface area contributed by atoms with Crippen molar-refractivity contribution in [1.29, 1.82) is 0 Å². The summed E-state index contributed by atoms with van der Waals surface area (Å²) in [5.41, 5.74) is -2.87. The van der Waals surface area contributed by atoms with Crippen LogP contribution in [0.4, 0.5) is 13.2 Å². The fourth-order valence-electron chi connectivity index (χ4n) is 2.05. The zero-order valence-electron chi connectivity index (χ0n) is 11.9. The van der Waals surface area contributed by atoms with Gasteiger partial charge in [-0.15, -0.1) is 0 Å². The lowest BCUT2D eigenvalue weighted by Gasteiger charge is -2.33. The van der Waals surface area contributed by atoms with Crippen molar-refractivity contribution in [2.75, 3.05) is 0 Å². The number of aliphatic hydroxyl groups is 1. The molecular weight excluding hydrogens is 365 g/mol. The van der Waals surface area contributed by atoms with Crippen LogP contribution in [0.5, 0.6) is 0 Å². The number of rotatable bonds is 2. The van der Waals surface area contributed by atoms with Crippen LogP contribution in [-0.4, -0.2) is 33.6 Å². The molecule has 1 amide bonds. The van der Waals surface area contributed by atoms with Crippen molar-refractivity contribution >= 4 is 27.5 Å². The number of nitrogens with zero attached hydrogens (tertiary/aromatic N) is 2. The zero-order valence-corrected chi connectivity index (χ0v) is 13.4. The molecule has 1 aliphatic heterocycles. The standard InChI is InChI=1S/C14H14BrF3N2O2/c1-8(2)12(21)20-13(22,14(16,17)18)7-11(19-20)9-3-5-10(15)6-4-9/h3-6,8,22H,7H2,1-2H3/t13-/m1/s1. The van der Waals surface area contributed by atoms with Crippen LogP contribution in [0.1, 0.15) is 25.8 Å². The summed E-state index contributed by atoms with van der Waals surface area (Å²) in [6.45, 7) is 2.90. The molecule has 0 saturated heterocycles. The van der Waals surface area contributed by atoms with Crippen molar-refractivity contribution in [1.82, 2.24) is 5.01 Å². The van der Waals surface area contributed by atoms with Gasteiger partial charge in [-0.05, 0) is 17.7 Å². The van der Waals surface area contributed by atoms with E-state index in [2.05, 4.69) is 21.0 Å². The first-order chi connectivity index (χ1) is 10.1. The van der Waals surface area contributed by atoms with Gasteiger partial charge in [0.2, 0.25) is 5.91 Å². The molecule has 1 aliphatic rings. The minimum absolute atomic E-state index is 0.0151. The average Bonchev–Trinajstić information content (AvgIpc) is 2.77. The van der Waals surface area contributed by atoms with Gasteiger partial charge in [0, 0.05) is 10.4 Å². The first kappa shape index (κ1) is 17.0. The van der Waals surface area contributed by atoms with Crippen LogP contribution in [0.2, 0.25) is 0 Å². The van der Waals surface area contributed by atoms with Crippen molar-refractivity contribution in [3.8, 4) is 0 Å². The van der Waals surface area contributed by atoms with Crippen LogP contribution in [0.3, 0.4) is 0 Å². The smallest absolute Gasteiger partial charge is 0.362 e. The van der Waals surface area contributed by atoms with Gasteiger partial charge in [0.05, 0.1) is 12.1 Å². The summed E-state index contributed by atoms with van der Waals surface area (Å²) in [5.74, 6) is -1.60. The molecule has 0 fully saturated rings. The maximum Gasteiger partial charge on any atom is 0.438 e. The van der Waals surface area contributed by atoms with E-state index >= 15 is 0 Å². The molecule has 0 spiro atoms. The lowest BCUT2D eigenvalue weighted by Crippen LogP contribution is -2.57. The average molecular weight is 379 g/mol. The van der Waals surface area contributed by atoms with Crippen molar-refractivity contribution in [2.45, 2.75) is 32.2 Å². The molecular formula is C14H14BrF3N2O2. The Labute approximate surface area is 133 Å². The molecule has 8 heteroatoms. The quantitative estimate of drug-likeness (QED) is 0.858. The van der Waals surface area contributed by atoms with E-state index in [1.807, 2.05) is 0 Å². The lowest BCUT2D eigenvalue weighted by molar-refractivity contribution is -0.303. The summed E-state index contributed by atoms with van der Waals surface area (Å²) in [5, 5.41) is 14.0. The fraction of sp³-hybridized carbons (Fsp3) is 0.429. The van der Waals surface area contributed by atoms with Crippen molar-refractivity contribution in [3.63, 3.8) is 0 Å². The van der Waals surface area contributed by atoms with Gasteiger partial charge in [-0.3, -0.25) is 4.79 Å². The molecule has 0 radical (unpaired) electrons. The van der Waals surface area contributed by atoms with E-state index in [0.29, 0.717) is 5.56 Å². The number of halogens is 4. The third-order valence-electron chi connectivity index (χ3n) is 3.32. The molecule has 1 N–H and O–H groups in total. The van der Waals surface area contributed by atoms with E-state index < -0.39 is 30.1 Å². The number of benzene rings is 1. The molecule has 1 aromatic rings. The minimum Gasteiger partial charge on any atom is -0.362 e. The molecule has 0 bridgehead atoms. The normalized spacial score (nSPS) is 22.2. The van der Waals surface area contributed by atoms with E-state index in [4.69, 9.17) is 0 Å². The molecule has 120 valence electrons. The van der Waals surface area contributed by atoms with E-state index in [9.17, 15) is 23.1 Å². The topological polar surface area (TPSA) is 52.9 Å². The maximum absolute atomic E-state index is 13.2. The lowest BCUT2D eigenvalue weighted by atomic mass is 10.0. The summed E-state index contributed by atoms with van der Waals surface area (Å²) in [7, 11) is 0. The molecule has 1 atom stereocenters. The van der Waals surface area contributed by atoms with Gasteiger partial charge in [0.15, 0.2) is 0 Å². The third-order valence-corrected chi connectivity index (χ3v) is 3.85. The number of carbonyl (C=O) groups excluding carboxylic acids is 1. The third kappa shape index (κ3) is 2.89. The largest absolute Gasteiger partial charge is 0.438 e. The van der Waals surface area contributed by atoms with Crippen LogP contribution in [0.15, 0.2) is 33.8 Å². The maximum atomic E-state index is 13.2. The number of carbonyl (C=O) groups is 1. The Hall–Kier alpha value is -1.41. The summed E-state index contributed by atoms with van der Waals surface area (Å²) in [4.78, 5) is 12.0. The molecule has 0 saturated carbocycles. The Balaban J connectivity index is 2.45. The number of hydrogen-bond acceptors (Lipinski definition) is 3. The van der Waals surface area contributed by atoms with Gasteiger partial charge in [0.1, 0.15) is 0 Å². The van der Waals surface area contributed by atoms with Crippen LogP contribution < -0.4 is 0 Å². The highest BCUT2D eigenvalue weighted by atomic mass is 79.9. The van der Waals surface area contributed by atoms with Crippen molar-refractivity contribution in [3.05, 3.63) is 34.3 Å². The van der Waals surface area contributed by atoms with E-state index in [1.165, 1.54) is 13.8 Å². The second-order valence-electron chi connectivity index (χ2n) is 5.35. The highest BCUT2D eigenvalue weighted by molar-refractivity contribution is 9.10. The van der Waals surface area contributed by atoms with Crippen LogP contribution >= 0.6 is 15.9 Å². The molecule has 0 aliphatic carbocycles. The highest BCUT2D eigenvalue weighted by Crippen LogP contribution is 2.41. The van der Waals surface area contributed by atoms with Crippen molar-refractivity contribution < 1.29 is 23.1 Å². The van der Waals surface area contributed by atoms with Crippen LogP contribution in [-0.2, 0) is 4.79 Å². The summed E-state index contributed by atoms with van der Waals surface area (Å²) >= 11 is 3.23. The van der Waals surface area contributed by atoms with Crippen LogP contribution in [0.25, 0.3) is 0 Å². The van der Waals surface area contributed by atoms with Gasteiger partial charge >= 0.3 is 6.18 Å².